The van der Waals surface area contributed by atoms with E-state index in [1.54, 1.807) is 27.7 Å². The minimum atomic E-state index is -0.579. The van der Waals surface area contributed by atoms with E-state index in [0.29, 0.717) is 6.42 Å². The van der Waals surface area contributed by atoms with Crippen LogP contribution in [0.4, 0.5) is 4.79 Å². The van der Waals surface area contributed by atoms with Crippen molar-refractivity contribution in [1.82, 2.24) is 5.32 Å². The van der Waals surface area contributed by atoms with Crippen LogP contribution >= 0.6 is 0 Å². The van der Waals surface area contributed by atoms with Crippen molar-refractivity contribution in [2.45, 2.75) is 45.8 Å². The number of ether oxygens (including phenoxy) is 1. The van der Waals surface area contributed by atoms with Crippen LogP contribution in [0.3, 0.4) is 0 Å². The molecule has 0 saturated carbocycles. The molecule has 94 valence electrons. The summed E-state index contributed by atoms with van der Waals surface area (Å²) >= 11 is 0. The molecule has 2 N–H and O–H groups in total. The molecule has 0 saturated heterocycles. The molecule has 0 aromatic heterocycles. The molecular formula is C11H21NO4. The van der Waals surface area contributed by atoms with Gasteiger partial charge >= 0.3 is 6.09 Å². The number of amides is 1. The Morgan fingerprint density at radius 1 is 1.50 bits per heavy atom. The Bertz CT molecular complexity index is 235. The molecule has 0 aliphatic rings. The van der Waals surface area contributed by atoms with Crippen molar-refractivity contribution in [2.75, 3.05) is 6.61 Å². The van der Waals surface area contributed by atoms with Crippen LogP contribution in [-0.2, 0) is 9.53 Å². The zero-order valence-corrected chi connectivity index (χ0v) is 10.3. The fourth-order valence-electron chi connectivity index (χ4n) is 1.14. The van der Waals surface area contributed by atoms with E-state index in [-0.39, 0.29) is 12.5 Å². The second-order valence-electron chi connectivity index (χ2n) is 4.81. The predicted octanol–water partition coefficient (Wildman–Crippen LogP) is 1.10. The van der Waals surface area contributed by atoms with E-state index in [9.17, 15) is 9.59 Å². The molecule has 0 bridgehead atoms. The van der Waals surface area contributed by atoms with Gasteiger partial charge in [-0.1, -0.05) is 6.92 Å². The normalized spacial score (nSPS) is 15.1. The van der Waals surface area contributed by atoms with E-state index in [2.05, 4.69) is 5.32 Å². The van der Waals surface area contributed by atoms with Gasteiger partial charge in [-0.25, -0.2) is 4.79 Å². The lowest BCUT2D eigenvalue weighted by Crippen LogP contribution is -2.44. The average Bonchev–Trinajstić information content (AvgIpc) is 2.11. The Morgan fingerprint density at radius 2 is 2.06 bits per heavy atom. The van der Waals surface area contributed by atoms with Gasteiger partial charge in [-0.2, -0.15) is 0 Å². The highest BCUT2D eigenvalue weighted by atomic mass is 16.6. The number of rotatable bonds is 5. The Morgan fingerprint density at radius 3 is 2.44 bits per heavy atom. The molecule has 0 fully saturated rings. The van der Waals surface area contributed by atoms with Crippen LogP contribution in [-0.4, -0.2) is 35.7 Å². The maximum atomic E-state index is 11.4. The molecule has 0 rings (SSSR count). The topological polar surface area (TPSA) is 75.6 Å². The van der Waals surface area contributed by atoms with Crippen molar-refractivity contribution in [1.29, 1.82) is 0 Å². The van der Waals surface area contributed by atoms with Gasteiger partial charge in [-0.15, -0.1) is 0 Å². The van der Waals surface area contributed by atoms with Gasteiger partial charge in [0.1, 0.15) is 11.9 Å². The van der Waals surface area contributed by atoms with Gasteiger partial charge in [0.25, 0.3) is 0 Å². The average molecular weight is 231 g/mol. The van der Waals surface area contributed by atoms with Crippen molar-refractivity contribution < 1.29 is 19.4 Å². The van der Waals surface area contributed by atoms with Crippen LogP contribution in [0.2, 0.25) is 0 Å². The lowest BCUT2D eigenvalue weighted by Gasteiger charge is -2.25. The lowest BCUT2D eigenvalue weighted by atomic mass is 10.00. The highest BCUT2D eigenvalue weighted by Crippen LogP contribution is 2.10. The number of nitrogens with one attached hydrogen (secondary N) is 1. The molecule has 0 aromatic carbocycles. The number of aliphatic hydroxyl groups is 1. The summed E-state index contributed by atoms with van der Waals surface area (Å²) in [5.74, 6) is -0.116. The molecule has 0 spiro atoms. The maximum Gasteiger partial charge on any atom is 0.407 e. The second-order valence-corrected chi connectivity index (χ2v) is 4.81. The summed E-state index contributed by atoms with van der Waals surface area (Å²) in [6.07, 6.45) is 0.481. The van der Waals surface area contributed by atoms with Crippen molar-refractivity contribution in [3.8, 4) is 0 Å². The van der Waals surface area contributed by atoms with Gasteiger partial charge in [-0.05, 0) is 26.7 Å². The fourth-order valence-corrected chi connectivity index (χ4v) is 1.14. The first kappa shape index (κ1) is 14.9. The van der Waals surface area contributed by atoms with Crippen molar-refractivity contribution in [2.24, 2.45) is 5.92 Å². The maximum absolute atomic E-state index is 11.4. The molecule has 0 aromatic rings. The van der Waals surface area contributed by atoms with Gasteiger partial charge in [0, 0.05) is 6.42 Å². The van der Waals surface area contributed by atoms with E-state index in [1.807, 2.05) is 0 Å². The number of aldehydes is 1. The fraction of sp³-hybridized carbons (Fsp3) is 0.818. The minimum Gasteiger partial charge on any atom is -0.444 e. The Balaban J connectivity index is 4.21. The number of aliphatic hydroxyl groups excluding tert-OH is 1. The zero-order valence-electron chi connectivity index (χ0n) is 10.3. The summed E-state index contributed by atoms with van der Waals surface area (Å²) in [6, 6.07) is -0.458. The standard InChI is InChI=1S/C11H21NO4/c1-8(5-6-13)9(7-14)12-10(15)16-11(2,3)4/h6,8-9,14H,5,7H2,1-4H3,(H,12,15)/t8-,9+/m0/s1. The van der Waals surface area contributed by atoms with Crippen LogP contribution in [0, 0.1) is 5.92 Å². The van der Waals surface area contributed by atoms with Crippen molar-refractivity contribution in [3.05, 3.63) is 0 Å². The summed E-state index contributed by atoms with van der Waals surface area (Å²) in [7, 11) is 0. The summed E-state index contributed by atoms with van der Waals surface area (Å²) < 4.78 is 5.05. The number of carbonyl (C=O) groups is 2. The Hall–Kier alpha value is -1.10. The molecule has 0 unspecified atom stereocenters. The molecule has 0 heterocycles. The highest BCUT2D eigenvalue weighted by Gasteiger charge is 2.22. The SMILES string of the molecule is C[C@@H](CC=O)[C@@H](CO)NC(=O)OC(C)(C)C. The van der Waals surface area contributed by atoms with Gasteiger partial charge in [-0.3, -0.25) is 0 Å². The largest absolute Gasteiger partial charge is 0.444 e. The van der Waals surface area contributed by atoms with E-state index in [1.165, 1.54) is 0 Å². The van der Waals surface area contributed by atoms with Gasteiger partial charge < -0.3 is 20.0 Å². The van der Waals surface area contributed by atoms with Crippen LogP contribution < -0.4 is 5.32 Å². The number of hydrogen-bond donors (Lipinski definition) is 2. The predicted molar refractivity (Wildman–Crippen MR) is 60.1 cm³/mol. The molecule has 2 atom stereocenters. The third-order valence-electron chi connectivity index (χ3n) is 2.05. The van der Waals surface area contributed by atoms with Crippen LogP contribution in [0.5, 0.6) is 0 Å². The van der Waals surface area contributed by atoms with Crippen molar-refractivity contribution >= 4 is 12.4 Å². The summed E-state index contributed by atoms with van der Waals surface area (Å²) in [5.41, 5.74) is -0.571. The van der Waals surface area contributed by atoms with E-state index in [4.69, 9.17) is 9.84 Å². The highest BCUT2D eigenvalue weighted by molar-refractivity contribution is 5.68. The molecule has 0 aliphatic heterocycles. The molecule has 0 aliphatic carbocycles. The van der Waals surface area contributed by atoms with E-state index >= 15 is 0 Å². The van der Waals surface area contributed by atoms with E-state index < -0.39 is 17.7 Å². The Labute approximate surface area is 96.2 Å². The first-order valence-electron chi connectivity index (χ1n) is 5.34. The number of alkyl carbamates (subject to hydrolysis) is 1. The van der Waals surface area contributed by atoms with Crippen LogP contribution in [0.25, 0.3) is 0 Å². The van der Waals surface area contributed by atoms with Gasteiger partial charge in [0.05, 0.1) is 12.6 Å². The third-order valence-corrected chi connectivity index (χ3v) is 2.05. The molecule has 16 heavy (non-hydrogen) atoms. The summed E-state index contributed by atoms with van der Waals surface area (Å²) in [6.45, 7) is 6.85. The molecule has 5 heteroatoms. The molecule has 0 radical (unpaired) electrons. The van der Waals surface area contributed by atoms with Gasteiger partial charge in [0.15, 0.2) is 0 Å². The van der Waals surface area contributed by atoms with E-state index in [0.717, 1.165) is 6.29 Å². The van der Waals surface area contributed by atoms with Crippen molar-refractivity contribution in [3.63, 3.8) is 0 Å². The lowest BCUT2D eigenvalue weighted by molar-refractivity contribution is -0.108. The quantitative estimate of drug-likeness (QED) is 0.695. The smallest absolute Gasteiger partial charge is 0.407 e. The Kier molecular flexibility index (Phi) is 6.03. The molecule has 5 nitrogen and oxygen atoms in total. The second kappa shape index (κ2) is 6.48. The molecular weight excluding hydrogens is 210 g/mol. The number of hydrogen-bond acceptors (Lipinski definition) is 4. The first-order valence-corrected chi connectivity index (χ1v) is 5.34. The third kappa shape index (κ3) is 6.40. The monoisotopic (exact) mass is 231 g/mol. The summed E-state index contributed by atoms with van der Waals surface area (Å²) in [5, 5.41) is 11.6. The zero-order chi connectivity index (χ0) is 12.8. The molecule has 1 amide bonds. The van der Waals surface area contributed by atoms with Crippen LogP contribution in [0.15, 0.2) is 0 Å². The van der Waals surface area contributed by atoms with Gasteiger partial charge in [0.2, 0.25) is 0 Å². The van der Waals surface area contributed by atoms with Crippen LogP contribution in [0.1, 0.15) is 34.1 Å². The summed E-state index contributed by atoms with van der Waals surface area (Å²) in [4.78, 5) is 21.7. The number of carbonyl (C=O) groups excluding carboxylic acids is 2. The first-order chi connectivity index (χ1) is 7.30. The minimum absolute atomic E-state index is 0.116.